The van der Waals surface area contributed by atoms with Crippen molar-refractivity contribution in [3.63, 3.8) is 0 Å². The van der Waals surface area contributed by atoms with Crippen molar-refractivity contribution in [1.29, 1.82) is 0 Å². The number of piperazine rings is 2. The zero-order valence-electron chi connectivity index (χ0n) is 18.2. The first-order valence-electron chi connectivity index (χ1n) is 9.71. The van der Waals surface area contributed by atoms with E-state index in [0.29, 0.717) is 5.54 Å². The molecule has 0 aliphatic carbocycles. The number of hydrogen-bond donors (Lipinski definition) is 0. The normalized spacial score (nSPS) is 24.4. The third-order valence-electron chi connectivity index (χ3n) is 5.52. The highest BCUT2D eigenvalue weighted by atomic mass is 16.1. The Hall–Kier alpha value is -0.490. The van der Waals surface area contributed by atoms with Gasteiger partial charge >= 0.3 is 0 Å². The van der Waals surface area contributed by atoms with E-state index in [1.165, 1.54) is 26.2 Å². The van der Waals surface area contributed by atoms with Crippen molar-refractivity contribution in [3.8, 4) is 0 Å². The SMILES string of the molecule is C.CC(=O)C1CN(C(C)(C)C)CCN1C.CN1CCN(C(C)(C)C)CC1. The lowest BCUT2D eigenvalue weighted by Crippen LogP contribution is -2.59. The van der Waals surface area contributed by atoms with Crippen LogP contribution in [0.15, 0.2) is 0 Å². The van der Waals surface area contributed by atoms with E-state index in [-0.39, 0.29) is 24.8 Å². The molecule has 0 aromatic heterocycles. The number of carbonyl (C=O) groups is 1. The highest BCUT2D eigenvalue weighted by Crippen LogP contribution is 2.18. The summed E-state index contributed by atoms with van der Waals surface area (Å²) >= 11 is 0. The summed E-state index contributed by atoms with van der Waals surface area (Å²) in [7, 11) is 4.23. The van der Waals surface area contributed by atoms with Crippen molar-refractivity contribution >= 4 is 5.78 Å². The third kappa shape index (κ3) is 8.03. The largest absolute Gasteiger partial charge is 0.304 e. The van der Waals surface area contributed by atoms with Crippen LogP contribution in [0.5, 0.6) is 0 Å². The predicted molar refractivity (Wildman–Crippen MR) is 114 cm³/mol. The topological polar surface area (TPSA) is 30.0 Å². The minimum atomic E-state index is 0. The second kappa shape index (κ2) is 10.2. The number of nitrogens with zero attached hydrogens (tertiary/aromatic N) is 4. The molecular formula is C21H46N4O. The molecule has 26 heavy (non-hydrogen) atoms. The Balaban J connectivity index is 0.000000475. The molecule has 0 saturated carbocycles. The Bertz CT molecular complexity index is 417. The van der Waals surface area contributed by atoms with Crippen LogP contribution in [-0.2, 0) is 4.79 Å². The number of rotatable bonds is 1. The fraction of sp³-hybridized carbons (Fsp3) is 0.952. The van der Waals surface area contributed by atoms with Gasteiger partial charge in [0.2, 0.25) is 0 Å². The second-order valence-electron chi connectivity index (χ2n) is 9.69. The van der Waals surface area contributed by atoms with Gasteiger partial charge in [-0.3, -0.25) is 19.5 Å². The lowest BCUT2D eigenvalue weighted by molar-refractivity contribution is -0.124. The highest BCUT2D eigenvalue weighted by Gasteiger charge is 2.32. The highest BCUT2D eigenvalue weighted by molar-refractivity contribution is 5.81. The van der Waals surface area contributed by atoms with Crippen LogP contribution in [0.2, 0.25) is 0 Å². The van der Waals surface area contributed by atoms with Crippen molar-refractivity contribution in [2.75, 3.05) is 59.9 Å². The van der Waals surface area contributed by atoms with Crippen LogP contribution in [0, 0.1) is 0 Å². The average Bonchev–Trinajstić information content (AvgIpc) is 2.46. The Morgan fingerprint density at radius 1 is 0.769 bits per heavy atom. The van der Waals surface area contributed by atoms with Crippen molar-refractivity contribution in [2.45, 2.75) is 73.0 Å². The molecule has 0 spiro atoms. The predicted octanol–water partition coefficient (Wildman–Crippen LogP) is 2.66. The number of hydrogen-bond acceptors (Lipinski definition) is 5. The van der Waals surface area contributed by atoms with Gasteiger partial charge in [-0.1, -0.05) is 7.43 Å². The molecule has 2 heterocycles. The number of likely N-dealkylation sites (N-methyl/N-ethyl adjacent to an activating group) is 2. The smallest absolute Gasteiger partial charge is 0.148 e. The molecule has 1 atom stereocenters. The number of ketones is 1. The Labute approximate surface area is 163 Å². The number of Topliss-reactive ketones (excluding diaryl/α,β-unsaturated/α-hetero) is 1. The summed E-state index contributed by atoms with van der Waals surface area (Å²) in [5.74, 6) is 0.279. The quantitative estimate of drug-likeness (QED) is 0.708. The fourth-order valence-corrected chi connectivity index (χ4v) is 3.40. The monoisotopic (exact) mass is 370 g/mol. The maximum absolute atomic E-state index is 11.4. The summed E-state index contributed by atoms with van der Waals surface area (Å²) in [6.07, 6.45) is 0. The standard InChI is InChI=1S/C11H22N2O.C9H20N2.CH4/c1-9(14)10-8-13(11(2,3)4)7-6-12(10)5;1-9(2,3)11-7-5-10(4)6-8-11;/h10H,6-8H2,1-5H3;5-8H2,1-4H3;1H4. The zero-order chi connectivity index (χ0) is 19.4. The summed E-state index contributed by atoms with van der Waals surface area (Å²) in [6.45, 7) is 23.0. The first kappa shape index (κ1) is 25.5. The van der Waals surface area contributed by atoms with Gasteiger partial charge in [-0.05, 0) is 62.6 Å². The Morgan fingerprint density at radius 3 is 1.58 bits per heavy atom. The van der Waals surface area contributed by atoms with E-state index in [4.69, 9.17) is 0 Å². The first-order valence-corrected chi connectivity index (χ1v) is 9.71. The van der Waals surface area contributed by atoms with Gasteiger partial charge in [0.1, 0.15) is 5.78 Å². The molecule has 0 aromatic rings. The molecule has 5 heteroatoms. The summed E-state index contributed by atoms with van der Waals surface area (Å²) in [4.78, 5) is 20.9. The molecule has 0 bridgehead atoms. The fourth-order valence-electron chi connectivity index (χ4n) is 3.40. The lowest BCUT2D eigenvalue weighted by Gasteiger charge is -2.44. The molecule has 0 N–H and O–H groups in total. The van der Waals surface area contributed by atoms with Gasteiger partial charge in [0.15, 0.2) is 0 Å². The lowest BCUT2D eigenvalue weighted by atomic mass is 10.0. The van der Waals surface area contributed by atoms with Gasteiger partial charge < -0.3 is 4.90 Å². The van der Waals surface area contributed by atoms with E-state index in [0.717, 1.165) is 19.6 Å². The maximum Gasteiger partial charge on any atom is 0.148 e. The first-order chi connectivity index (χ1) is 11.3. The van der Waals surface area contributed by atoms with Crippen LogP contribution in [0.3, 0.4) is 0 Å². The summed E-state index contributed by atoms with van der Waals surface area (Å²) in [5.41, 5.74) is 0.538. The van der Waals surface area contributed by atoms with Crippen LogP contribution in [0.1, 0.15) is 55.9 Å². The van der Waals surface area contributed by atoms with E-state index in [1.54, 1.807) is 6.92 Å². The van der Waals surface area contributed by atoms with E-state index in [1.807, 2.05) is 7.05 Å². The van der Waals surface area contributed by atoms with E-state index >= 15 is 0 Å². The van der Waals surface area contributed by atoms with Crippen LogP contribution in [-0.4, -0.2) is 102 Å². The minimum absolute atomic E-state index is 0. The molecule has 2 aliphatic heterocycles. The molecule has 2 fully saturated rings. The van der Waals surface area contributed by atoms with Gasteiger partial charge in [0, 0.05) is 56.9 Å². The molecule has 5 nitrogen and oxygen atoms in total. The molecule has 1 unspecified atom stereocenters. The van der Waals surface area contributed by atoms with Gasteiger partial charge in [-0.15, -0.1) is 0 Å². The van der Waals surface area contributed by atoms with E-state index in [2.05, 4.69) is 68.2 Å². The van der Waals surface area contributed by atoms with E-state index < -0.39 is 0 Å². The van der Waals surface area contributed by atoms with E-state index in [9.17, 15) is 4.79 Å². The van der Waals surface area contributed by atoms with Gasteiger partial charge in [0.05, 0.1) is 6.04 Å². The van der Waals surface area contributed by atoms with Crippen LogP contribution in [0.4, 0.5) is 0 Å². The second-order valence-corrected chi connectivity index (χ2v) is 9.69. The molecule has 0 aromatic carbocycles. The summed E-state index contributed by atoms with van der Waals surface area (Å²) in [5, 5.41) is 0. The zero-order valence-corrected chi connectivity index (χ0v) is 18.2. The molecular weight excluding hydrogens is 324 g/mol. The summed E-state index contributed by atoms with van der Waals surface area (Å²) in [6, 6.07) is 0.0861. The summed E-state index contributed by atoms with van der Waals surface area (Å²) < 4.78 is 0. The van der Waals surface area contributed by atoms with Crippen molar-refractivity contribution in [2.24, 2.45) is 0 Å². The van der Waals surface area contributed by atoms with Crippen LogP contribution < -0.4 is 0 Å². The van der Waals surface area contributed by atoms with Crippen molar-refractivity contribution in [1.82, 2.24) is 19.6 Å². The van der Waals surface area contributed by atoms with Gasteiger partial charge in [-0.25, -0.2) is 0 Å². The maximum atomic E-state index is 11.4. The Kier molecular flexibility index (Phi) is 9.97. The molecule has 2 rings (SSSR count). The van der Waals surface area contributed by atoms with Gasteiger partial charge in [-0.2, -0.15) is 0 Å². The molecule has 156 valence electrons. The average molecular weight is 371 g/mol. The van der Waals surface area contributed by atoms with Crippen molar-refractivity contribution < 1.29 is 4.79 Å². The minimum Gasteiger partial charge on any atom is -0.304 e. The molecule has 0 radical (unpaired) electrons. The Morgan fingerprint density at radius 2 is 1.19 bits per heavy atom. The molecule has 0 amide bonds. The van der Waals surface area contributed by atoms with Crippen LogP contribution in [0.25, 0.3) is 0 Å². The third-order valence-corrected chi connectivity index (χ3v) is 5.52. The molecule has 2 saturated heterocycles. The molecule has 2 aliphatic rings. The van der Waals surface area contributed by atoms with Gasteiger partial charge in [0.25, 0.3) is 0 Å². The number of carbonyl (C=O) groups excluding carboxylic acids is 1. The van der Waals surface area contributed by atoms with Crippen molar-refractivity contribution in [3.05, 3.63) is 0 Å². The van der Waals surface area contributed by atoms with Crippen LogP contribution >= 0.6 is 0 Å².